The van der Waals surface area contributed by atoms with Crippen molar-refractivity contribution >= 4 is 23.2 Å². The maximum atomic E-state index is 6.15. The molecule has 0 unspecified atom stereocenters. The maximum absolute atomic E-state index is 6.15. The highest BCUT2D eigenvalue weighted by atomic mass is 35.5. The molecule has 1 N–H and O–H groups in total. The highest BCUT2D eigenvalue weighted by Gasteiger charge is 2.27. The minimum atomic E-state index is 0.477. The van der Waals surface area contributed by atoms with Crippen molar-refractivity contribution < 1.29 is 0 Å². The third kappa shape index (κ3) is 3.37. The van der Waals surface area contributed by atoms with Gasteiger partial charge < -0.3 is 5.32 Å². The molecule has 1 aromatic rings. The first-order valence-corrected chi connectivity index (χ1v) is 7.00. The van der Waals surface area contributed by atoms with E-state index < -0.39 is 0 Å². The Morgan fingerprint density at radius 2 is 1.94 bits per heavy atom. The van der Waals surface area contributed by atoms with Gasteiger partial charge in [-0.25, -0.2) is 0 Å². The minimum absolute atomic E-state index is 0.477. The predicted octanol–water partition coefficient (Wildman–Crippen LogP) is 4.66. The van der Waals surface area contributed by atoms with Crippen LogP contribution in [0.2, 0.25) is 10.0 Å². The van der Waals surface area contributed by atoms with Crippen LogP contribution in [-0.4, -0.2) is 6.54 Å². The first-order chi connectivity index (χ1) is 8.11. The lowest BCUT2D eigenvalue weighted by molar-refractivity contribution is 0.314. The van der Waals surface area contributed by atoms with E-state index in [0.717, 1.165) is 18.7 Å². The van der Waals surface area contributed by atoms with E-state index in [1.807, 2.05) is 18.2 Å². The van der Waals surface area contributed by atoms with Gasteiger partial charge in [0, 0.05) is 13.1 Å². The highest BCUT2D eigenvalue weighted by Crippen LogP contribution is 2.36. The first-order valence-electron chi connectivity index (χ1n) is 6.24. The van der Waals surface area contributed by atoms with E-state index in [1.54, 1.807) is 0 Å². The van der Waals surface area contributed by atoms with Crippen molar-refractivity contribution in [3.05, 3.63) is 33.8 Å². The molecule has 1 nitrogen and oxygen atoms in total. The van der Waals surface area contributed by atoms with Gasteiger partial charge in [0.15, 0.2) is 0 Å². The summed E-state index contributed by atoms with van der Waals surface area (Å²) in [6.07, 6.45) is 5.42. The summed E-state index contributed by atoms with van der Waals surface area (Å²) in [5.74, 6) is 0. The molecular weight excluding hydrogens is 253 g/mol. The molecule has 0 bridgehead atoms. The van der Waals surface area contributed by atoms with Gasteiger partial charge >= 0.3 is 0 Å². The molecule has 1 aliphatic rings. The lowest BCUT2D eigenvalue weighted by Gasteiger charge is -2.24. The summed E-state index contributed by atoms with van der Waals surface area (Å²) < 4.78 is 0. The number of benzene rings is 1. The van der Waals surface area contributed by atoms with Crippen LogP contribution < -0.4 is 5.32 Å². The van der Waals surface area contributed by atoms with Crippen molar-refractivity contribution in [1.82, 2.24) is 5.32 Å². The largest absolute Gasteiger partial charge is 0.312 e. The fourth-order valence-corrected chi connectivity index (χ4v) is 2.98. The van der Waals surface area contributed by atoms with Gasteiger partial charge in [0.05, 0.1) is 10.0 Å². The molecule has 1 aromatic carbocycles. The Kier molecular flexibility index (Phi) is 4.35. The van der Waals surface area contributed by atoms with Gasteiger partial charge in [-0.15, -0.1) is 0 Å². The molecule has 3 heteroatoms. The highest BCUT2D eigenvalue weighted by molar-refractivity contribution is 6.42. The summed E-state index contributed by atoms with van der Waals surface area (Å²) in [7, 11) is 0. The van der Waals surface area contributed by atoms with Crippen LogP contribution >= 0.6 is 23.2 Å². The van der Waals surface area contributed by atoms with E-state index in [-0.39, 0.29) is 0 Å². The monoisotopic (exact) mass is 271 g/mol. The van der Waals surface area contributed by atoms with Gasteiger partial charge in [-0.3, -0.25) is 0 Å². The van der Waals surface area contributed by atoms with Crippen molar-refractivity contribution in [2.24, 2.45) is 5.41 Å². The fourth-order valence-electron chi connectivity index (χ4n) is 2.59. The second-order valence-electron chi connectivity index (χ2n) is 5.33. The van der Waals surface area contributed by atoms with Gasteiger partial charge in [-0.2, -0.15) is 0 Å². The van der Waals surface area contributed by atoms with Crippen LogP contribution in [-0.2, 0) is 6.54 Å². The minimum Gasteiger partial charge on any atom is -0.312 e. The van der Waals surface area contributed by atoms with E-state index in [0.29, 0.717) is 15.5 Å². The zero-order chi connectivity index (χ0) is 12.3. The second kappa shape index (κ2) is 5.60. The normalized spacial score (nSPS) is 18.5. The van der Waals surface area contributed by atoms with E-state index in [9.17, 15) is 0 Å². The summed E-state index contributed by atoms with van der Waals surface area (Å²) in [6, 6.07) is 5.80. The van der Waals surface area contributed by atoms with Crippen LogP contribution in [0.1, 0.15) is 38.2 Å². The van der Waals surface area contributed by atoms with Crippen molar-refractivity contribution in [3.63, 3.8) is 0 Å². The summed E-state index contributed by atoms with van der Waals surface area (Å²) in [4.78, 5) is 0. The van der Waals surface area contributed by atoms with E-state index in [4.69, 9.17) is 23.2 Å². The van der Waals surface area contributed by atoms with Crippen LogP contribution in [0.3, 0.4) is 0 Å². The van der Waals surface area contributed by atoms with Crippen molar-refractivity contribution in [1.29, 1.82) is 0 Å². The summed E-state index contributed by atoms with van der Waals surface area (Å²) in [5, 5.41) is 4.83. The molecule has 17 heavy (non-hydrogen) atoms. The van der Waals surface area contributed by atoms with Gasteiger partial charge in [0.25, 0.3) is 0 Å². The topological polar surface area (TPSA) is 12.0 Å². The summed E-state index contributed by atoms with van der Waals surface area (Å²) in [6.45, 7) is 4.23. The smallest absolute Gasteiger partial charge is 0.0637 e. The average molecular weight is 272 g/mol. The molecule has 0 amide bonds. The quantitative estimate of drug-likeness (QED) is 0.840. The molecule has 0 aliphatic heterocycles. The molecule has 1 fully saturated rings. The van der Waals surface area contributed by atoms with Crippen LogP contribution in [0.4, 0.5) is 0 Å². The Balaban J connectivity index is 1.88. The SMILES string of the molecule is CC1(CNCc2cccc(Cl)c2Cl)CCCC1. The molecule has 2 rings (SSSR count). The van der Waals surface area contributed by atoms with E-state index in [1.165, 1.54) is 25.7 Å². The molecule has 0 heterocycles. The molecular formula is C14H19Cl2N. The van der Waals surface area contributed by atoms with Crippen molar-refractivity contribution in [2.45, 2.75) is 39.2 Å². The molecule has 0 spiro atoms. The molecule has 94 valence electrons. The van der Waals surface area contributed by atoms with Crippen LogP contribution in [0, 0.1) is 5.41 Å². The maximum Gasteiger partial charge on any atom is 0.0637 e. The third-order valence-corrected chi connectivity index (χ3v) is 4.57. The van der Waals surface area contributed by atoms with Gasteiger partial charge in [-0.05, 0) is 29.9 Å². The summed E-state index contributed by atoms with van der Waals surface area (Å²) in [5.41, 5.74) is 1.56. The number of nitrogens with one attached hydrogen (secondary N) is 1. The second-order valence-corrected chi connectivity index (χ2v) is 6.12. The zero-order valence-electron chi connectivity index (χ0n) is 10.2. The number of hydrogen-bond acceptors (Lipinski definition) is 1. The van der Waals surface area contributed by atoms with E-state index in [2.05, 4.69) is 12.2 Å². The standard InChI is InChI=1S/C14H19Cl2N/c1-14(7-2-3-8-14)10-17-9-11-5-4-6-12(15)13(11)16/h4-6,17H,2-3,7-10H2,1H3. The number of hydrogen-bond donors (Lipinski definition) is 1. The Hall–Kier alpha value is -0.240. The molecule has 0 atom stereocenters. The Morgan fingerprint density at radius 3 is 2.65 bits per heavy atom. The Bertz CT molecular complexity index is 384. The summed E-state index contributed by atoms with van der Waals surface area (Å²) >= 11 is 12.1. The van der Waals surface area contributed by atoms with Crippen LogP contribution in [0.5, 0.6) is 0 Å². The lowest BCUT2D eigenvalue weighted by Crippen LogP contribution is -2.29. The molecule has 1 aliphatic carbocycles. The third-order valence-electron chi connectivity index (χ3n) is 3.71. The molecule has 1 saturated carbocycles. The van der Waals surface area contributed by atoms with Crippen molar-refractivity contribution in [2.75, 3.05) is 6.54 Å². The Morgan fingerprint density at radius 1 is 1.24 bits per heavy atom. The number of halogens is 2. The van der Waals surface area contributed by atoms with Crippen LogP contribution in [0.25, 0.3) is 0 Å². The average Bonchev–Trinajstić information content (AvgIpc) is 2.72. The van der Waals surface area contributed by atoms with E-state index >= 15 is 0 Å². The molecule has 0 saturated heterocycles. The Labute approximate surface area is 114 Å². The van der Waals surface area contributed by atoms with Gasteiger partial charge in [0.2, 0.25) is 0 Å². The predicted molar refractivity (Wildman–Crippen MR) is 74.7 cm³/mol. The molecule has 0 aromatic heterocycles. The fraction of sp³-hybridized carbons (Fsp3) is 0.571. The van der Waals surface area contributed by atoms with Crippen molar-refractivity contribution in [3.8, 4) is 0 Å². The first kappa shape index (κ1) is 13.2. The molecule has 0 radical (unpaired) electrons. The van der Waals surface area contributed by atoms with Crippen LogP contribution in [0.15, 0.2) is 18.2 Å². The lowest BCUT2D eigenvalue weighted by atomic mass is 9.89. The van der Waals surface area contributed by atoms with Gasteiger partial charge in [0.1, 0.15) is 0 Å². The van der Waals surface area contributed by atoms with Gasteiger partial charge in [-0.1, -0.05) is 55.1 Å². The zero-order valence-corrected chi connectivity index (χ0v) is 11.7. The number of rotatable bonds is 4.